The van der Waals surface area contributed by atoms with E-state index in [0.29, 0.717) is 0 Å². The van der Waals surface area contributed by atoms with Crippen LogP contribution >= 0.6 is 0 Å². The second-order valence-electron chi connectivity index (χ2n) is 7.21. The van der Waals surface area contributed by atoms with Crippen LogP contribution in [0.15, 0.2) is 42.6 Å². The summed E-state index contributed by atoms with van der Waals surface area (Å²) in [6.45, 7) is 4.42. The van der Waals surface area contributed by atoms with E-state index in [0.717, 1.165) is 48.7 Å². The number of nitrogens with zero attached hydrogens (tertiary/aromatic N) is 3. The fourth-order valence-corrected chi connectivity index (χ4v) is 3.60. The fourth-order valence-electron chi connectivity index (χ4n) is 3.60. The number of benzene rings is 1. The number of hydrogen-bond acceptors (Lipinski definition) is 4. The molecule has 5 nitrogen and oxygen atoms in total. The third-order valence-corrected chi connectivity index (χ3v) is 5.39. The maximum absolute atomic E-state index is 13.1. The number of aromatic nitrogens is 1. The van der Waals surface area contributed by atoms with Crippen molar-refractivity contribution in [2.24, 2.45) is 0 Å². The highest BCUT2D eigenvalue weighted by molar-refractivity contribution is 6.02. The summed E-state index contributed by atoms with van der Waals surface area (Å²) in [5, 5.41) is 2.95. The van der Waals surface area contributed by atoms with Gasteiger partial charge in [-0.25, -0.2) is 9.37 Å². The van der Waals surface area contributed by atoms with E-state index in [9.17, 15) is 9.18 Å². The van der Waals surface area contributed by atoms with Gasteiger partial charge in [0.25, 0.3) is 0 Å². The van der Waals surface area contributed by atoms with Crippen LogP contribution in [-0.2, 0) is 11.3 Å². The van der Waals surface area contributed by atoms with Gasteiger partial charge < -0.3 is 10.2 Å². The minimum atomic E-state index is -0.215. The van der Waals surface area contributed by atoms with Crippen LogP contribution in [-0.4, -0.2) is 42.0 Å². The summed E-state index contributed by atoms with van der Waals surface area (Å²) in [6, 6.07) is 8.49. The van der Waals surface area contributed by atoms with Crippen LogP contribution in [0.1, 0.15) is 24.5 Å². The number of carbonyl (C=O) groups is 1. The number of likely N-dealkylation sites (N-methyl/N-ethyl adjacent to an activating group) is 1. The highest BCUT2D eigenvalue weighted by Crippen LogP contribution is 2.30. The largest absolute Gasteiger partial charge is 0.346 e. The van der Waals surface area contributed by atoms with Gasteiger partial charge in [0.15, 0.2) is 5.82 Å². The van der Waals surface area contributed by atoms with Gasteiger partial charge in [-0.3, -0.25) is 9.69 Å². The molecule has 0 saturated carbocycles. The molecule has 140 valence electrons. The number of pyridine rings is 1. The Hall–Kier alpha value is -2.73. The summed E-state index contributed by atoms with van der Waals surface area (Å²) in [5.41, 5.74) is 4.21. The molecule has 0 bridgehead atoms. The van der Waals surface area contributed by atoms with Crippen molar-refractivity contribution in [3.63, 3.8) is 0 Å². The first-order valence-electron chi connectivity index (χ1n) is 9.21. The lowest BCUT2D eigenvalue weighted by Gasteiger charge is -2.32. The van der Waals surface area contributed by atoms with E-state index in [-0.39, 0.29) is 17.8 Å². The number of anilines is 2. The number of rotatable bonds is 3. The number of carbonyl (C=O) groups excluding carboxylic acids is 1. The summed E-state index contributed by atoms with van der Waals surface area (Å²) < 4.78 is 13.1. The molecule has 27 heavy (non-hydrogen) atoms. The average Bonchev–Trinajstić information content (AvgIpc) is 2.67. The second kappa shape index (κ2) is 7.12. The first-order chi connectivity index (χ1) is 13.0. The quantitative estimate of drug-likeness (QED) is 0.906. The van der Waals surface area contributed by atoms with Crippen molar-refractivity contribution in [2.75, 3.05) is 30.4 Å². The van der Waals surface area contributed by atoms with Crippen LogP contribution in [0.3, 0.4) is 0 Å². The highest BCUT2D eigenvalue weighted by atomic mass is 19.1. The molecular weight excluding hydrogens is 343 g/mol. The number of hydrogen-bond donors (Lipinski definition) is 1. The van der Waals surface area contributed by atoms with Crippen molar-refractivity contribution in [3.05, 3.63) is 59.5 Å². The number of halogens is 1. The predicted octanol–water partition coefficient (Wildman–Crippen LogP) is 3.29. The fraction of sp³-hybridized carbons (Fsp3) is 0.333. The van der Waals surface area contributed by atoms with Gasteiger partial charge in [0.2, 0.25) is 5.91 Å². The van der Waals surface area contributed by atoms with E-state index < -0.39 is 0 Å². The molecule has 0 aliphatic carbocycles. The minimum absolute atomic E-state index is 0.00574. The third kappa shape index (κ3) is 3.57. The average molecular weight is 366 g/mol. The molecule has 0 radical (unpaired) electrons. The molecule has 0 saturated heterocycles. The molecular formula is C21H23FN4O. The van der Waals surface area contributed by atoms with Gasteiger partial charge in [-0.2, -0.15) is 0 Å². The van der Waals surface area contributed by atoms with E-state index in [1.54, 1.807) is 0 Å². The zero-order valence-corrected chi connectivity index (χ0v) is 15.6. The van der Waals surface area contributed by atoms with Gasteiger partial charge >= 0.3 is 0 Å². The standard InChI is InChI=1S/C21H23FN4O/c1-14-21(27)24-19-11-15(12-23-20(19)25(14)2)13-26-9-7-17(8-10-26)16-3-5-18(22)6-4-16/h3-7,11-12,14H,8-10,13H2,1-2H3,(H,24,27)/t14-/m0/s1. The predicted molar refractivity (Wildman–Crippen MR) is 105 cm³/mol. The van der Waals surface area contributed by atoms with Crippen molar-refractivity contribution in [1.82, 2.24) is 9.88 Å². The third-order valence-electron chi connectivity index (χ3n) is 5.39. The molecule has 2 aromatic rings. The summed E-state index contributed by atoms with van der Waals surface area (Å²) >= 11 is 0. The monoisotopic (exact) mass is 366 g/mol. The maximum Gasteiger partial charge on any atom is 0.246 e. The summed E-state index contributed by atoms with van der Waals surface area (Å²) in [6.07, 6.45) is 5.03. The molecule has 1 aromatic carbocycles. The van der Waals surface area contributed by atoms with Crippen LogP contribution in [0.25, 0.3) is 5.57 Å². The summed E-state index contributed by atoms with van der Waals surface area (Å²) in [4.78, 5) is 20.8. The van der Waals surface area contributed by atoms with Crippen LogP contribution < -0.4 is 10.2 Å². The molecule has 2 aliphatic heterocycles. The van der Waals surface area contributed by atoms with Crippen LogP contribution in [0.2, 0.25) is 0 Å². The van der Waals surface area contributed by atoms with Gasteiger partial charge in [-0.05, 0) is 48.2 Å². The van der Waals surface area contributed by atoms with E-state index in [4.69, 9.17) is 0 Å². The van der Waals surface area contributed by atoms with Gasteiger partial charge in [0.05, 0.1) is 5.69 Å². The molecule has 1 N–H and O–H groups in total. The van der Waals surface area contributed by atoms with E-state index in [2.05, 4.69) is 21.3 Å². The molecule has 2 aliphatic rings. The van der Waals surface area contributed by atoms with Gasteiger partial charge in [0.1, 0.15) is 11.9 Å². The zero-order chi connectivity index (χ0) is 19.0. The van der Waals surface area contributed by atoms with Crippen molar-refractivity contribution >= 4 is 23.0 Å². The molecule has 0 unspecified atom stereocenters. The SMILES string of the molecule is C[C@H]1C(=O)Nc2cc(CN3CC=C(c4ccc(F)cc4)CC3)cnc2N1C. The molecule has 1 amide bonds. The van der Waals surface area contributed by atoms with Crippen molar-refractivity contribution in [3.8, 4) is 0 Å². The lowest BCUT2D eigenvalue weighted by Crippen LogP contribution is -2.44. The van der Waals surface area contributed by atoms with Crippen LogP contribution in [0, 0.1) is 5.82 Å². The minimum Gasteiger partial charge on any atom is -0.346 e. The molecule has 4 rings (SSSR count). The Morgan fingerprint density at radius 1 is 1.30 bits per heavy atom. The smallest absolute Gasteiger partial charge is 0.246 e. The van der Waals surface area contributed by atoms with Gasteiger partial charge in [-0.15, -0.1) is 0 Å². The van der Waals surface area contributed by atoms with E-state index >= 15 is 0 Å². The van der Waals surface area contributed by atoms with Crippen LogP contribution in [0.5, 0.6) is 0 Å². The van der Waals surface area contributed by atoms with Crippen molar-refractivity contribution in [2.45, 2.75) is 25.9 Å². The number of fused-ring (bicyclic) bond motifs is 1. The van der Waals surface area contributed by atoms with Crippen molar-refractivity contribution < 1.29 is 9.18 Å². The summed E-state index contributed by atoms with van der Waals surface area (Å²) in [7, 11) is 1.89. The second-order valence-corrected chi connectivity index (χ2v) is 7.21. The highest BCUT2D eigenvalue weighted by Gasteiger charge is 2.28. The molecule has 0 fully saturated rings. The number of nitrogens with one attached hydrogen (secondary N) is 1. The molecule has 6 heteroatoms. The maximum atomic E-state index is 13.1. The Balaban J connectivity index is 1.44. The van der Waals surface area contributed by atoms with E-state index in [1.807, 2.05) is 43.3 Å². The lowest BCUT2D eigenvalue weighted by molar-refractivity contribution is -0.117. The zero-order valence-electron chi connectivity index (χ0n) is 15.6. The Kier molecular flexibility index (Phi) is 4.66. The Morgan fingerprint density at radius 2 is 2.07 bits per heavy atom. The van der Waals surface area contributed by atoms with Crippen molar-refractivity contribution in [1.29, 1.82) is 0 Å². The Morgan fingerprint density at radius 3 is 2.78 bits per heavy atom. The molecule has 1 aromatic heterocycles. The molecule has 1 atom stereocenters. The number of amides is 1. The lowest BCUT2D eigenvalue weighted by atomic mass is 9.99. The van der Waals surface area contributed by atoms with Crippen LogP contribution in [0.4, 0.5) is 15.9 Å². The normalized spacial score (nSPS) is 20.1. The van der Waals surface area contributed by atoms with Gasteiger partial charge in [-0.1, -0.05) is 18.2 Å². The van der Waals surface area contributed by atoms with E-state index in [1.165, 1.54) is 17.7 Å². The topological polar surface area (TPSA) is 48.5 Å². The Labute approximate surface area is 158 Å². The summed E-state index contributed by atoms with van der Waals surface area (Å²) in [5.74, 6) is 0.598. The first kappa shape index (κ1) is 17.7. The molecule has 3 heterocycles. The Bertz CT molecular complexity index is 894. The van der Waals surface area contributed by atoms with Gasteiger partial charge in [0, 0.05) is 32.9 Å². The molecule has 0 spiro atoms. The first-order valence-corrected chi connectivity index (χ1v) is 9.21.